The summed E-state index contributed by atoms with van der Waals surface area (Å²) >= 11 is 13.5. The summed E-state index contributed by atoms with van der Waals surface area (Å²) in [6.07, 6.45) is 2.73. The Labute approximate surface area is 127 Å². The summed E-state index contributed by atoms with van der Waals surface area (Å²) in [5.41, 5.74) is 7.85. The molecule has 0 unspecified atom stereocenters. The number of pyridine rings is 1. The maximum atomic E-state index is 6.01. The fraction of sp³-hybridized carbons (Fsp3) is 0.214. The van der Waals surface area contributed by atoms with Gasteiger partial charge in [0, 0.05) is 11.1 Å². The van der Waals surface area contributed by atoms with Crippen LogP contribution in [0.5, 0.6) is 0 Å². The molecule has 1 aromatic heterocycles. The van der Waals surface area contributed by atoms with Crippen molar-refractivity contribution in [1.29, 1.82) is 0 Å². The van der Waals surface area contributed by atoms with E-state index in [-0.39, 0.29) is 0 Å². The standard InChI is InChI=1S/C14H14Cl2N2S/c1-9-6-10(4-5-17)8-18-14(9)19-11-2-3-12(15)13(16)7-11/h2-3,6-8H,4-5,17H2,1H3. The first kappa shape index (κ1) is 14.7. The second-order valence-corrected chi connectivity index (χ2v) is 6.06. The van der Waals surface area contributed by atoms with E-state index in [1.54, 1.807) is 17.8 Å². The molecular weight excluding hydrogens is 299 g/mol. The normalized spacial score (nSPS) is 10.7. The van der Waals surface area contributed by atoms with Crippen molar-refractivity contribution in [2.45, 2.75) is 23.3 Å². The van der Waals surface area contributed by atoms with Crippen LogP contribution in [0.25, 0.3) is 0 Å². The monoisotopic (exact) mass is 312 g/mol. The van der Waals surface area contributed by atoms with Crippen LogP contribution in [0, 0.1) is 6.92 Å². The lowest BCUT2D eigenvalue weighted by molar-refractivity contribution is 0.935. The third-order valence-corrected chi connectivity index (χ3v) is 4.47. The second-order valence-electron chi connectivity index (χ2n) is 4.18. The van der Waals surface area contributed by atoms with Gasteiger partial charge in [0.15, 0.2) is 0 Å². The topological polar surface area (TPSA) is 38.9 Å². The van der Waals surface area contributed by atoms with E-state index in [0.717, 1.165) is 21.9 Å². The van der Waals surface area contributed by atoms with Crippen LogP contribution in [0.2, 0.25) is 10.0 Å². The smallest absolute Gasteiger partial charge is 0.104 e. The van der Waals surface area contributed by atoms with Crippen molar-refractivity contribution in [3.63, 3.8) is 0 Å². The van der Waals surface area contributed by atoms with Crippen LogP contribution in [0.4, 0.5) is 0 Å². The molecule has 0 spiro atoms. The Morgan fingerprint density at radius 1 is 1.21 bits per heavy atom. The number of benzene rings is 1. The molecule has 0 amide bonds. The average molecular weight is 313 g/mol. The summed E-state index contributed by atoms with van der Waals surface area (Å²) in [6.45, 7) is 2.69. The number of aromatic nitrogens is 1. The molecule has 0 aliphatic carbocycles. The van der Waals surface area contributed by atoms with Crippen LogP contribution < -0.4 is 5.73 Å². The molecule has 2 aromatic rings. The van der Waals surface area contributed by atoms with E-state index in [4.69, 9.17) is 28.9 Å². The van der Waals surface area contributed by atoms with Crippen LogP contribution in [0.1, 0.15) is 11.1 Å². The molecular formula is C14H14Cl2N2S. The van der Waals surface area contributed by atoms with E-state index >= 15 is 0 Å². The minimum absolute atomic E-state index is 0.559. The fourth-order valence-electron chi connectivity index (χ4n) is 1.68. The summed E-state index contributed by atoms with van der Waals surface area (Å²) < 4.78 is 0. The molecule has 0 radical (unpaired) electrons. The van der Waals surface area contributed by atoms with Gasteiger partial charge in [-0.3, -0.25) is 0 Å². The molecule has 0 saturated carbocycles. The van der Waals surface area contributed by atoms with Crippen molar-refractivity contribution in [2.75, 3.05) is 6.54 Å². The SMILES string of the molecule is Cc1cc(CCN)cnc1Sc1ccc(Cl)c(Cl)c1. The van der Waals surface area contributed by atoms with Crippen molar-refractivity contribution in [1.82, 2.24) is 4.98 Å². The number of hydrogen-bond donors (Lipinski definition) is 1. The van der Waals surface area contributed by atoms with Gasteiger partial charge >= 0.3 is 0 Å². The molecule has 2 nitrogen and oxygen atoms in total. The van der Waals surface area contributed by atoms with Crippen LogP contribution in [-0.2, 0) is 6.42 Å². The first-order valence-electron chi connectivity index (χ1n) is 5.88. The number of aryl methyl sites for hydroxylation is 1. The van der Waals surface area contributed by atoms with Gasteiger partial charge in [0.2, 0.25) is 0 Å². The maximum Gasteiger partial charge on any atom is 0.104 e. The van der Waals surface area contributed by atoms with Gasteiger partial charge in [-0.1, -0.05) is 41.0 Å². The zero-order chi connectivity index (χ0) is 13.8. The van der Waals surface area contributed by atoms with Gasteiger partial charge in [0.1, 0.15) is 5.03 Å². The first-order valence-corrected chi connectivity index (χ1v) is 7.46. The molecule has 0 aliphatic heterocycles. The van der Waals surface area contributed by atoms with Gasteiger partial charge in [-0.25, -0.2) is 4.98 Å². The molecule has 0 saturated heterocycles. The number of nitrogens with zero attached hydrogens (tertiary/aromatic N) is 1. The molecule has 100 valence electrons. The summed E-state index contributed by atoms with van der Waals surface area (Å²) in [5.74, 6) is 0. The van der Waals surface area contributed by atoms with Crippen LogP contribution >= 0.6 is 35.0 Å². The van der Waals surface area contributed by atoms with Gasteiger partial charge in [-0.05, 0) is 49.2 Å². The average Bonchev–Trinajstić information content (AvgIpc) is 2.37. The first-order chi connectivity index (χ1) is 9.10. The minimum Gasteiger partial charge on any atom is -0.330 e. The van der Waals surface area contributed by atoms with Gasteiger partial charge in [0.05, 0.1) is 10.0 Å². The van der Waals surface area contributed by atoms with Crippen molar-refractivity contribution >= 4 is 35.0 Å². The molecule has 2 rings (SSSR count). The molecule has 0 atom stereocenters. The molecule has 19 heavy (non-hydrogen) atoms. The highest BCUT2D eigenvalue weighted by Crippen LogP contribution is 2.33. The van der Waals surface area contributed by atoms with Crippen LogP contribution in [0.3, 0.4) is 0 Å². The fourth-order valence-corrected chi connectivity index (χ4v) is 2.91. The summed E-state index contributed by atoms with van der Waals surface area (Å²) in [7, 11) is 0. The molecule has 1 heterocycles. The highest BCUT2D eigenvalue weighted by molar-refractivity contribution is 7.99. The molecule has 0 bridgehead atoms. The largest absolute Gasteiger partial charge is 0.330 e. The van der Waals surface area contributed by atoms with Crippen LogP contribution in [-0.4, -0.2) is 11.5 Å². The quantitative estimate of drug-likeness (QED) is 0.912. The highest BCUT2D eigenvalue weighted by atomic mass is 35.5. The van der Waals surface area contributed by atoms with Gasteiger partial charge in [0.25, 0.3) is 0 Å². The maximum absolute atomic E-state index is 6.01. The van der Waals surface area contributed by atoms with E-state index in [1.165, 1.54) is 5.56 Å². The molecule has 0 fully saturated rings. The van der Waals surface area contributed by atoms with E-state index < -0.39 is 0 Å². The zero-order valence-electron chi connectivity index (χ0n) is 10.5. The highest BCUT2D eigenvalue weighted by Gasteiger charge is 2.06. The molecule has 0 aliphatic rings. The van der Waals surface area contributed by atoms with Gasteiger partial charge in [-0.2, -0.15) is 0 Å². The number of rotatable bonds is 4. The molecule has 2 N–H and O–H groups in total. The third kappa shape index (κ3) is 3.86. The Morgan fingerprint density at radius 3 is 2.63 bits per heavy atom. The van der Waals surface area contributed by atoms with E-state index in [9.17, 15) is 0 Å². The Bertz CT molecular complexity index is 588. The summed E-state index contributed by atoms with van der Waals surface area (Å²) in [5, 5.41) is 2.09. The molecule has 5 heteroatoms. The van der Waals surface area contributed by atoms with Gasteiger partial charge in [-0.15, -0.1) is 0 Å². The summed E-state index contributed by atoms with van der Waals surface area (Å²) in [6, 6.07) is 7.71. The zero-order valence-corrected chi connectivity index (χ0v) is 12.8. The third-order valence-electron chi connectivity index (χ3n) is 2.63. The van der Waals surface area contributed by atoms with Crippen LogP contribution in [0.15, 0.2) is 40.4 Å². The number of nitrogens with two attached hydrogens (primary N) is 1. The van der Waals surface area contributed by atoms with Crippen molar-refractivity contribution in [3.05, 3.63) is 51.6 Å². The van der Waals surface area contributed by atoms with Crippen molar-refractivity contribution in [3.8, 4) is 0 Å². The predicted molar refractivity (Wildman–Crippen MR) is 82.3 cm³/mol. The lowest BCUT2D eigenvalue weighted by atomic mass is 10.2. The lowest BCUT2D eigenvalue weighted by Gasteiger charge is -2.07. The number of hydrogen-bond acceptors (Lipinski definition) is 3. The predicted octanol–water partition coefficient (Wildman–Crippen LogP) is 4.35. The Kier molecular flexibility index (Phi) is 5.11. The molecule has 1 aromatic carbocycles. The Morgan fingerprint density at radius 2 is 2.00 bits per heavy atom. The number of halogens is 2. The minimum atomic E-state index is 0.559. The second kappa shape index (κ2) is 6.62. The Hall–Kier alpha value is -0.740. The van der Waals surface area contributed by atoms with Crippen molar-refractivity contribution in [2.24, 2.45) is 5.73 Å². The van der Waals surface area contributed by atoms with E-state index in [1.807, 2.05) is 25.3 Å². The van der Waals surface area contributed by atoms with E-state index in [0.29, 0.717) is 16.6 Å². The van der Waals surface area contributed by atoms with Gasteiger partial charge < -0.3 is 5.73 Å². The van der Waals surface area contributed by atoms with Crippen molar-refractivity contribution < 1.29 is 0 Å². The van der Waals surface area contributed by atoms with E-state index in [2.05, 4.69) is 11.1 Å². The Balaban J connectivity index is 2.20. The lowest BCUT2D eigenvalue weighted by Crippen LogP contribution is -2.03. The summed E-state index contributed by atoms with van der Waals surface area (Å²) in [4.78, 5) is 5.50.